The number of hydrogen-bond donors (Lipinski definition) is 2. The fraction of sp³-hybridized carbons (Fsp3) is 0.720. The number of rotatable bonds is 10. The molecular formula is C25H39N7O4S. The van der Waals surface area contributed by atoms with Crippen LogP contribution in [0.3, 0.4) is 0 Å². The van der Waals surface area contributed by atoms with E-state index in [0.29, 0.717) is 57.0 Å². The first-order valence-electron chi connectivity index (χ1n) is 13.2. The van der Waals surface area contributed by atoms with Crippen LogP contribution in [0.5, 0.6) is 0 Å². The predicted molar refractivity (Wildman–Crippen MR) is 141 cm³/mol. The first-order valence-corrected chi connectivity index (χ1v) is 14.9. The SMILES string of the molecule is Cc1cnc(NC2CCN(S(=O)(=O)CCCN3C[C@@H]4C[C@H]3CO4)CC2)nc1-c1cnn(CC(C)(C)O)c1. The van der Waals surface area contributed by atoms with Crippen molar-refractivity contribution in [2.75, 3.05) is 43.9 Å². The third kappa shape index (κ3) is 6.48. The van der Waals surface area contributed by atoms with Gasteiger partial charge in [0.05, 0.1) is 42.5 Å². The van der Waals surface area contributed by atoms with Crippen LogP contribution in [0.1, 0.15) is 45.1 Å². The van der Waals surface area contributed by atoms with Crippen molar-refractivity contribution in [2.45, 2.75) is 76.8 Å². The average molecular weight is 534 g/mol. The maximum Gasteiger partial charge on any atom is 0.223 e. The van der Waals surface area contributed by atoms with Gasteiger partial charge in [-0.3, -0.25) is 9.58 Å². The number of piperidine rings is 1. The third-order valence-electron chi connectivity index (χ3n) is 7.47. The van der Waals surface area contributed by atoms with Crippen molar-refractivity contribution in [3.8, 4) is 11.3 Å². The number of hydrogen-bond acceptors (Lipinski definition) is 9. The molecular weight excluding hydrogens is 494 g/mol. The summed E-state index contributed by atoms with van der Waals surface area (Å²) in [5.74, 6) is 0.729. The molecule has 2 N–H and O–H groups in total. The normalized spacial score (nSPS) is 23.7. The Hall–Kier alpha value is -2.12. The van der Waals surface area contributed by atoms with Gasteiger partial charge in [-0.05, 0) is 58.6 Å². The second-order valence-electron chi connectivity index (χ2n) is 11.3. The van der Waals surface area contributed by atoms with Crippen molar-refractivity contribution >= 4 is 16.0 Å². The zero-order valence-electron chi connectivity index (χ0n) is 22.0. The first-order chi connectivity index (χ1) is 17.6. The Kier molecular flexibility index (Phi) is 7.56. The summed E-state index contributed by atoms with van der Waals surface area (Å²) in [6.07, 6.45) is 8.93. The zero-order chi connectivity index (χ0) is 26.2. The van der Waals surface area contributed by atoms with Crippen LogP contribution in [0.2, 0.25) is 0 Å². The molecule has 12 heteroatoms. The summed E-state index contributed by atoms with van der Waals surface area (Å²) >= 11 is 0. The molecule has 37 heavy (non-hydrogen) atoms. The van der Waals surface area contributed by atoms with E-state index in [1.165, 1.54) is 0 Å². The fourth-order valence-electron chi connectivity index (χ4n) is 5.57. The molecule has 0 radical (unpaired) electrons. The van der Waals surface area contributed by atoms with Crippen LogP contribution in [-0.4, -0.2) is 105 Å². The van der Waals surface area contributed by atoms with Crippen molar-refractivity contribution in [2.24, 2.45) is 0 Å². The monoisotopic (exact) mass is 533 g/mol. The molecule has 5 rings (SSSR count). The summed E-state index contributed by atoms with van der Waals surface area (Å²) in [4.78, 5) is 11.6. The topological polar surface area (TPSA) is 126 Å². The van der Waals surface area contributed by atoms with E-state index >= 15 is 0 Å². The highest BCUT2D eigenvalue weighted by atomic mass is 32.2. The highest BCUT2D eigenvalue weighted by Crippen LogP contribution is 2.28. The van der Waals surface area contributed by atoms with E-state index in [2.05, 4.69) is 20.3 Å². The van der Waals surface area contributed by atoms with E-state index in [0.717, 1.165) is 42.9 Å². The lowest BCUT2D eigenvalue weighted by atomic mass is 10.1. The number of nitrogens with one attached hydrogen (secondary N) is 1. The first kappa shape index (κ1) is 26.5. The van der Waals surface area contributed by atoms with Gasteiger partial charge in [-0.1, -0.05) is 0 Å². The Bertz CT molecular complexity index is 1190. The number of aliphatic hydroxyl groups is 1. The number of ether oxygens (including phenoxy) is 1. The molecule has 11 nitrogen and oxygen atoms in total. The predicted octanol–water partition coefficient (Wildman–Crippen LogP) is 1.49. The van der Waals surface area contributed by atoms with Gasteiger partial charge < -0.3 is 15.2 Å². The largest absolute Gasteiger partial charge is 0.389 e. The lowest BCUT2D eigenvalue weighted by Gasteiger charge is -2.32. The molecule has 2 bridgehead atoms. The lowest BCUT2D eigenvalue weighted by molar-refractivity contribution is 0.0308. The van der Waals surface area contributed by atoms with Crippen LogP contribution in [0, 0.1) is 6.92 Å². The van der Waals surface area contributed by atoms with Gasteiger partial charge in [-0.2, -0.15) is 5.10 Å². The Morgan fingerprint density at radius 1 is 1.24 bits per heavy atom. The summed E-state index contributed by atoms with van der Waals surface area (Å²) in [6, 6.07) is 0.586. The molecule has 0 aliphatic carbocycles. The molecule has 2 aromatic heterocycles. The quantitative estimate of drug-likeness (QED) is 0.467. The molecule has 5 heterocycles. The molecule has 0 unspecified atom stereocenters. The molecule has 3 aliphatic heterocycles. The van der Waals surface area contributed by atoms with Gasteiger partial charge in [-0.25, -0.2) is 22.7 Å². The highest BCUT2D eigenvalue weighted by molar-refractivity contribution is 7.89. The number of likely N-dealkylation sites (tertiary alicyclic amines) is 1. The minimum Gasteiger partial charge on any atom is -0.389 e. The summed E-state index contributed by atoms with van der Waals surface area (Å²) in [7, 11) is -3.25. The maximum absolute atomic E-state index is 12.9. The molecule has 0 aromatic carbocycles. The van der Waals surface area contributed by atoms with Crippen molar-refractivity contribution in [1.29, 1.82) is 0 Å². The molecule has 0 saturated carbocycles. The van der Waals surface area contributed by atoms with E-state index in [1.807, 2.05) is 13.1 Å². The van der Waals surface area contributed by atoms with Crippen LogP contribution in [-0.2, 0) is 21.3 Å². The highest BCUT2D eigenvalue weighted by Gasteiger charge is 2.38. The van der Waals surface area contributed by atoms with Crippen molar-refractivity contribution in [3.63, 3.8) is 0 Å². The van der Waals surface area contributed by atoms with Gasteiger partial charge >= 0.3 is 0 Å². The molecule has 0 amide bonds. The standard InChI is InChI=1S/C25H39N7O4S/c1-18-12-26-24(29-23(18)19-13-27-31(14-19)17-25(2,3)33)28-20-5-8-32(9-6-20)37(34,35)10-4-7-30-15-22-11-21(30)16-36-22/h12-14,20-22,33H,4-11,15-17H2,1-3H3,(H,26,28,29)/t21-,22-/m0/s1. The number of aryl methyl sites for hydroxylation is 1. The Balaban J connectivity index is 1.12. The summed E-state index contributed by atoms with van der Waals surface area (Å²) < 4.78 is 34.8. The van der Waals surface area contributed by atoms with Gasteiger partial charge in [0, 0.05) is 49.7 Å². The van der Waals surface area contributed by atoms with Crippen LogP contribution < -0.4 is 5.32 Å². The number of morpholine rings is 1. The Morgan fingerprint density at radius 3 is 2.70 bits per heavy atom. The summed E-state index contributed by atoms with van der Waals surface area (Å²) in [5.41, 5.74) is 1.73. The molecule has 0 spiro atoms. The van der Waals surface area contributed by atoms with E-state index in [1.54, 1.807) is 35.2 Å². The number of nitrogens with zero attached hydrogens (tertiary/aromatic N) is 6. The van der Waals surface area contributed by atoms with Crippen molar-refractivity contribution in [3.05, 3.63) is 24.2 Å². The van der Waals surface area contributed by atoms with E-state index in [9.17, 15) is 13.5 Å². The molecule has 204 valence electrons. The van der Waals surface area contributed by atoms with Gasteiger partial charge in [0.25, 0.3) is 0 Å². The number of aromatic nitrogens is 4. The second-order valence-corrected chi connectivity index (χ2v) is 13.4. The van der Waals surface area contributed by atoms with Gasteiger partial charge in [0.2, 0.25) is 16.0 Å². The molecule has 2 atom stereocenters. The number of sulfonamides is 1. The van der Waals surface area contributed by atoms with Crippen LogP contribution in [0.4, 0.5) is 5.95 Å². The average Bonchev–Trinajstić information content (AvgIpc) is 3.57. The van der Waals surface area contributed by atoms with Gasteiger partial charge in [0.15, 0.2) is 0 Å². The molecule has 2 aromatic rings. The molecule has 3 saturated heterocycles. The van der Waals surface area contributed by atoms with Crippen molar-refractivity contribution in [1.82, 2.24) is 29.0 Å². The van der Waals surface area contributed by atoms with Crippen molar-refractivity contribution < 1.29 is 18.3 Å². The van der Waals surface area contributed by atoms with Crippen LogP contribution >= 0.6 is 0 Å². The van der Waals surface area contributed by atoms with Crippen LogP contribution in [0.25, 0.3) is 11.3 Å². The Morgan fingerprint density at radius 2 is 2.03 bits per heavy atom. The third-order valence-corrected chi connectivity index (χ3v) is 9.43. The van der Waals surface area contributed by atoms with Gasteiger partial charge in [-0.15, -0.1) is 0 Å². The number of anilines is 1. The molecule has 3 fully saturated rings. The van der Waals surface area contributed by atoms with Gasteiger partial charge in [0.1, 0.15) is 0 Å². The van der Waals surface area contributed by atoms with Crippen LogP contribution in [0.15, 0.2) is 18.6 Å². The smallest absolute Gasteiger partial charge is 0.223 e. The second kappa shape index (κ2) is 10.6. The zero-order valence-corrected chi connectivity index (χ0v) is 22.8. The van der Waals surface area contributed by atoms with E-state index in [4.69, 9.17) is 9.72 Å². The summed E-state index contributed by atoms with van der Waals surface area (Å²) in [6.45, 7) is 9.40. The number of fused-ring (bicyclic) bond motifs is 2. The maximum atomic E-state index is 12.9. The minimum absolute atomic E-state index is 0.111. The Labute approximate surface area is 219 Å². The lowest BCUT2D eigenvalue weighted by Crippen LogP contribution is -2.44. The van der Waals surface area contributed by atoms with E-state index < -0.39 is 15.6 Å². The minimum atomic E-state index is -3.25. The fourth-order valence-corrected chi connectivity index (χ4v) is 7.08. The molecule has 3 aliphatic rings. The summed E-state index contributed by atoms with van der Waals surface area (Å²) in [5, 5.41) is 17.8. The van der Waals surface area contributed by atoms with E-state index in [-0.39, 0.29) is 11.8 Å².